The Hall–Kier alpha value is -2.25. The smallest absolute Gasteiger partial charge is 0.220 e. The Labute approximate surface area is 147 Å². The molecule has 0 bridgehead atoms. The zero-order valence-corrected chi connectivity index (χ0v) is 14.6. The molecule has 134 valence electrons. The Morgan fingerprint density at radius 1 is 1.00 bits per heavy atom. The van der Waals surface area contributed by atoms with Crippen molar-refractivity contribution in [2.75, 3.05) is 12.3 Å². The minimum Gasteiger partial charge on any atom is -0.355 e. The maximum atomic E-state index is 13.0. The molecule has 25 heavy (non-hydrogen) atoms. The van der Waals surface area contributed by atoms with Crippen molar-refractivity contribution in [3.63, 3.8) is 0 Å². The highest BCUT2D eigenvalue weighted by molar-refractivity contribution is 7.89. The van der Waals surface area contributed by atoms with E-state index in [4.69, 9.17) is 0 Å². The topological polar surface area (TPSA) is 75.3 Å². The first-order chi connectivity index (χ1) is 11.9. The lowest BCUT2D eigenvalue weighted by Crippen LogP contribution is -2.34. The molecule has 0 aliphatic carbocycles. The molecule has 0 heterocycles. The van der Waals surface area contributed by atoms with Gasteiger partial charge >= 0.3 is 0 Å². The summed E-state index contributed by atoms with van der Waals surface area (Å²) < 4.78 is 39.3. The van der Waals surface area contributed by atoms with Crippen LogP contribution in [0.3, 0.4) is 0 Å². The van der Waals surface area contributed by atoms with Crippen molar-refractivity contribution in [1.29, 1.82) is 0 Å². The predicted octanol–water partition coefficient (Wildman–Crippen LogP) is 1.99. The van der Waals surface area contributed by atoms with Gasteiger partial charge in [0.2, 0.25) is 15.9 Å². The van der Waals surface area contributed by atoms with Crippen LogP contribution in [0.15, 0.2) is 54.6 Å². The highest BCUT2D eigenvalue weighted by Gasteiger charge is 2.11. The molecule has 2 rings (SSSR count). The van der Waals surface area contributed by atoms with Crippen molar-refractivity contribution < 1.29 is 17.6 Å². The molecule has 0 aliphatic rings. The van der Waals surface area contributed by atoms with E-state index in [1.165, 1.54) is 12.1 Å². The maximum Gasteiger partial charge on any atom is 0.220 e. The lowest BCUT2D eigenvalue weighted by atomic mass is 10.1. The minimum absolute atomic E-state index is 0.0338. The number of halogens is 1. The number of amides is 1. The molecule has 7 heteroatoms. The van der Waals surface area contributed by atoms with E-state index in [1.54, 1.807) is 12.1 Å². The predicted molar refractivity (Wildman–Crippen MR) is 94.8 cm³/mol. The van der Waals surface area contributed by atoms with Crippen LogP contribution in [0.5, 0.6) is 0 Å². The number of carbonyl (C=O) groups is 1. The van der Waals surface area contributed by atoms with Crippen molar-refractivity contribution in [3.8, 4) is 0 Å². The van der Waals surface area contributed by atoms with Crippen LogP contribution in [0, 0.1) is 5.82 Å². The summed E-state index contributed by atoms with van der Waals surface area (Å²) in [6, 6.07) is 15.2. The fourth-order valence-corrected chi connectivity index (χ4v) is 3.13. The Morgan fingerprint density at radius 2 is 1.72 bits per heavy atom. The van der Waals surface area contributed by atoms with Gasteiger partial charge in [-0.3, -0.25) is 4.79 Å². The molecule has 2 aromatic carbocycles. The lowest BCUT2D eigenvalue weighted by molar-refractivity contribution is -0.120. The summed E-state index contributed by atoms with van der Waals surface area (Å²) in [6.45, 7) is 0.253. The third kappa shape index (κ3) is 7.45. The van der Waals surface area contributed by atoms with Crippen molar-refractivity contribution >= 4 is 15.9 Å². The van der Waals surface area contributed by atoms with Crippen LogP contribution < -0.4 is 10.0 Å². The molecule has 0 saturated carbocycles. The highest BCUT2D eigenvalue weighted by Crippen LogP contribution is 2.06. The van der Waals surface area contributed by atoms with Gasteiger partial charge in [0, 0.05) is 19.5 Å². The number of hydrogen-bond donors (Lipinski definition) is 2. The van der Waals surface area contributed by atoms with E-state index in [1.807, 2.05) is 30.3 Å². The Bertz CT molecular complexity index is 795. The Balaban J connectivity index is 1.67. The molecule has 1 amide bonds. The first-order valence-electron chi connectivity index (χ1n) is 7.97. The molecule has 0 aromatic heterocycles. The minimum atomic E-state index is -3.46. The SMILES string of the molecule is O=C(CCc1cccc(F)c1)NCCS(=O)(=O)NCc1ccccc1. The van der Waals surface area contributed by atoms with Gasteiger partial charge in [0.15, 0.2) is 0 Å². The fraction of sp³-hybridized carbons (Fsp3) is 0.278. The average Bonchev–Trinajstić information content (AvgIpc) is 2.59. The molecule has 5 nitrogen and oxygen atoms in total. The molecular weight excluding hydrogens is 343 g/mol. The number of rotatable bonds is 9. The third-order valence-electron chi connectivity index (χ3n) is 3.56. The first-order valence-corrected chi connectivity index (χ1v) is 9.62. The number of nitrogens with one attached hydrogen (secondary N) is 2. The average molecular weight is 364 g/mol. The molecule has 0 atom stereocenters. The van der Waals surface area contributed by atoms with Crippen LogP contribution in [-0.4, -0.2) is 26.6 Å². The summed E-state index contributed by atoms with van der Waals surface area (Å²) in [5.41, 5.74) is 1.59. The first kappa shape index (κ1) is 19.1. The summed E-state index contributed by atoms with van der Waals surface area (Å²) in [7, 11) is -3.46. The van der Waals surface area contributed by atoms with Gasteiger partial charge in [-0.25, -0.2) is 17.5 Å². The van der Waals surface area contributed by atoms with Crippen LogP contribution in [0.4, 0.5) is 4.39 Å². The number of sulfonamides is 1. The van der Waals surface area contributed by atoms with Gasteiger partial charge in [-0.2, -0.15) is 0 Å². The van der Waals surface area contributed by atoms with Gasteiger partial charge in [0.1, 0.15) is 5.82 Å². The Morgan fingerprint density at radius 3 is 2.44 bits per heavy atom. The van der Waals surface area contributed by atoms with E-state index in [9.17, 15) is 17.6 Å². The molecule has 2 aromatic rings. The van der Waals surface area contributed by atoms with Gasteiger partial charge in [-0.05, 0) is 29.7 Å². The van der Waals surface area contributed by atoms with Crippen LogP contribution in [0.25, 0.3) is 0 Å². The maximum absolute atomic E-state index is 13.0. The van der Waals surface area contributed by atoms with Gasteiger partial charge in [0.25, 0.3) is 0 Å². The van der Waals surface area contributed by atoms with E-state index in [2.05, 4.69) is 10.0 Å². The van der Waals surface area contributed by atoms with Crippen LogP contribution in [-0.2, 0) is 27.8 Å². The number of benzene rings is 2. The van der Waals surface area contributed by atoms with E-state index >= 15 is 0 Å². The zero-order valence-electron chi connectivity index (χ0n) is 13.7. The van der Waals surface area contributed by atoms with Crippen molar-refractivity contribution in [3.05, 3.63) is 71.5 Å². The zero-order chi connectivity index (χ0) is 18.1. The van der Waals surface area contributed by atoms with E-state index in [-0.39, 0.29) is 37.0 Å². The van der Waals surface area contributed by atoms with Gasteiger partial charge in [-0.1, -0.05) is 42.5 Å². The van der Waals surface area contributed by atoms with Gasteiger partial charge in [-0.15, -0.1) is 0 Å². The number of aryl methyl sites for hydroxylation is 1. The summed E-state index contributed by atoms with van der Waals surface area (Å²) in [5.74, 6) is -0.790. The molecule has 0 unspecified atom stereocenters. The highest BCUT2D eigenvalue weighted by atomic mass is 32.2. The standard InChI is InChI=1S/C18H21FN2O3S/c19-17-8-4-7-15(13-17)9-10-18(22)20-11-12-25(23,24)21-14-16-5-2-1-3-6-16/h1-8,13,21H,9-12,14H2,(H,20,22). The van der Waals surface area contributed by atoms with Crippen molar-refractivity contribution in [2.45, 2.75) is 19.4 Å². The molecule has 0 spiro atoms. The normalized spacial score (nSPS) is 11.2. The fourth-order valence-electron chi connectivity index (χ4n) is 2.22. The largest absolute Gasteiger partial charge is 0.355 e. The van der Waals surface area contributed by atoms with Crippen LogP contribution in [0.2, 0.25) is 0 Å². The second kappa shape index (κ2) is 9.29. The Kier molecular flexibility index (Phi) is 7.09. The third-order valence-corrected chi connectivity index (χ3v) is 4.89. The molecule has 0 fully saturated rings. The van der Waals surface area contributed by atoms with E-state index in [0.29, 0.717) is 6.42 Å². The monoisotopic (exact) mass is 364 g/mol. The van der Waals surface area contributed by atoms with Crippen LogP contribution in [0.1, 0.15) is 17.5 Å². The molecular formula is C18H21FN2O3S. The van der Waals surface area contributed by atoms with Crippen LogP contribution >= 0.6 is 0 Å². The molecule has 0 saturated heterocycles. The van der Waals surface area contributed by atoms with Gasteiger partial charge in [0.05, 0.1) is 5.75 Å². The summed E-state index contributed by atoms with van der Waals surface area (Å²) in [5, 5.41) is 2.57. The van der Waals surface area contributed by atoms with Gasteiger partial charge < -0.3 is 5.32 Å². The molecule has 0 radical (unpaired) electrons. The molecule has 2 N–H and O–H groups in total. The molecule has 0 aliphatic heterocycles. The number of hydrogen-bond acceptors (Lipinski definition) is 3. The number of carbonyl (C=O) groups excluding carboxylic acids is 1. The second-order valence-corrected chi connectivity index (χ2v) is 7.53. The quantitative estimate of drug-likeness (QED) is 0.715. The lowest BCUT2D eigenvalue weighted by Gasteiger charge is -2.08. The summed E-state index contributed by atoms with van der Waals surface area (Å²) in [4.78, 5) is 11.7. The van der Waals surface area contributed by atoms with E-state index in [0.717, 1.165) is 11.1 Å². The van der Waals surface area contributed by atoms with Crippen molar-refractivity contribution in [2.24, 2.45) is 0 Å². The van der Waals surface area contributed by atoms with Crippen molar-refractivity contribution in [1.82, 2.24) is 10.0 Å². The second-order valence-electron chi connectivity index (χ2n) is 5.61. The summed E-state index contributed by atoms with van der Waals surface area (Å²) in [6.07, 6.45) is 0.587. The van der Waals surface area contributed by atoms with E-state index < -0.39 is 10.0 Å². The summed E-state index contributed by atoms with van der Waals surface area (Å²) >= 11 is 0.